The lowest BCUT2D eigenvalue weighted by Crippen LogP contribution is -2.74. The average molecular weight is 373 g/mol. The highest BCUT2D eigenvalue weighted by atomic mass is 16.5. The second kappa shape index (κ2) is 10.0. The summed E-state index contributed by atoms with van der Waals surface area (Å²) >= 11 is 0. The normalized spacial score (nSPS) is 25.9. The predicted octanol–water partition coefficient (Wildman–Crippen LogP) is 4.67. The minimum absolute atomic E-state index is 0.0560. The molecule has 27 heavy (non-hydrogen) atoms. The van der Waals surface area contributed by atoms with Crippen molar-refractivity contribution in [2.75, 3.05) is 32.8 Å². The topological polar surface area (TPSA) is 29.8 Å². The van der Waals surface area contributed by atoms with Crippen molar-refractivity contribution in [2.45, 2.75) is 77.5 Å². The summed E-state index contributed by atoms with van der Waals surface area (Å²) in [4.78, 5) is 0. The molecule has 1 spiro atoms. The van der Waals surface area contributed by atoms with Gasteiger partial charge in [0.2, 0.25) is 0 Å². The Bertz CT molecular complexity index is 551. The number of hydrazine groups is 1. The minimum atomic E-state index is -0.189. The molecule has 0 saturated carbocycles. The number of aryl methyl sites for hydroxylation is 1. The SMILES string of the molecule is CCCCCN(CCCCC)N1CCC12[N]CCOC2c1ccc(C)cc1. The van der Waals surface area contributed by atoms with Crippen LogP contribution in [0.3, 0.4) is 0 Å². The lowest BCUT2D eigenvalue weighted by Gasteiger charge is -2.60. The lowest BCUT2D eigenvalue weighted by atomic mass is 9.84. The van der Waals surface area contributed by atoms with Crippen LogP contribution in [0.25, 0.3) is 0 Å². The number of morpholine rings is 1. The maximum Gasteiger partial charge on any atom is 0.132 e. The molecule has 0 aromatic heterocycles. The summed E-state index contributed by atoms with van der Waals surface area (Å²) in [6, 6.07) is 8.86. The van der Waals surface area contributed by atoms with E-state index in [4.69, 9.17) is 10.1 Å². The summed E-state index contributed by atoms with van der Waals surface area (Å²) in [5.41, 5.74) is 2.38. The highest BCUT2D eigenvalue weighted by Crippen LogP contribution is 2.45. The standard InChI is InChI=1S/C23H38N3O/c1-4-6-8-16-25(17-9-7-5-2)26-18-14-23(26)22(27-19-15-24-23)21-12-10-20(3)11-13-21/h10-13,22H,4-9,14-19H2,1-3H3. The van der Waals surface area contributed by atoms with Gasteiger partial charge in [-0.15, -0.1) is 0 Å². The molecule has 0 bridgehead atoms. The Morgan fingerprint density at radius 1 is 1.07 bits per heavy atom. The largest absolute Gasteiger partial charge is 0.369 e. The van der Waals surface area contributed by atoms with Gasteiger partial charge in [-0.1, -0.05) is 69.4 Å². The van der Waals surface area contributed by atoms with Crippen LogP contribution in [0.1, 0.15) is 76.0 Å². The summed E-state index contributed by atoms with van der Waals surface area (Å²) < 4.78 is 6.33. The van der Waals surface area contributed by atoms with E-state index >= 15 is 0 Å². The molecule has 1 aromatic rings. The van der Waals surface area contributed by atoms with Gasteiger partial charge in [-0.2, -0.15) is 0 Å². The molecule has 4 heteroatoms. The smallest absolute Gasteiger partial charge is 0.132 e. The van der Waals surface area contributed by atoms with Crippen LogP contribution in [-0.2, 0) is 4.74 Å². The van der Waals surface area contributed by atoms with Crippen molar-refractivity contribution in [3.8, 4) is 0 Å². The van der Waals surface area contributed by atoms with Gasteiger partial charge in [-0.25, -0.2) is 15.3 Å². The number of benzene rings is 1. The first kappa shape index (κ1) is 20.8. The first-order valence-corrected chi connectivity index (χ1v) is 11.1. The van der Waals surface area contributed by atoms with Crippen LogP contribution < -0.4 is 5.32 Å². The van der Waals surface area contributed by atoms with Gasteiger partial charge in [0.25, 0.3) is 0 Å². The van der Waals surface area contributed by atoms with E-state index < -0.39 is 0 Å². The molecular weight excluding hydrogens is 334 g/mol. The molecule has 0 aliphatic carbocycles. The molecule has 3 rings (SSSR count). The predicted molar refractivity (Wildman–Crippen MR) is 112 cm³/mol. The second-order valence-electron chi connectivity index (χ2n) is 8.16. The van der Waals surface area contributed by atoms with E-state index in [9.17, 15) is 0 Å². The summed E-state index contributed by atoms with van der Waals surface area (Å²) in [6.07, 6.45) is 8.85. The third kappa shape index (κ3) is 4.73. The zero-order chi connectivity index (χ0) is 19.1. The van der Waals surface area contributed by atoms with Gasteiger partial charge < -0.3 is 4.74 Å². The average Bonchev–Trinajstić information content (AvgIpc) is 2.68. The van der Waals surface area contributed by atoms with Crippen LogP contribution in [0.4, 0.5) is 0 Å². The van der Waals surface area contributed by atoms with E-state index in [1.165, 1.54) is 49.7 Å². The number of ether oxygens (including phenoxy) is 1. The molecule has 2 atom stereocenters. The van der Waals surface area contributed by atoms with Gasteiger partial charge in [0.15, 0.2) is 0 Å². The van der Waals surface area contributed by atoms with Crippen molar-refractivity contribution in [3.05, 3.63) is 35.4 Å². The van der Waals surface area contributed by atoms with Crippen LogP contribution in [0.5, 0.6) is 0 Å². The van der Waals surface area contributed by atoms with Gasteiger partial charge >= 0.3 is 0 Å². The Labute approximate surface area is 166 Å². The summed E-state index contributed by atoms with van der Waals surface area (Å²) in [5.74, 6) is 0. The molecule has 2 heterocycles. The van der Waals surface area contributed by atoms with Gasteiger partial charge in [0, 0.05) is 26.2 Å². The Kier molecular flexibility index (Phi) is 7.71. The lowest BCUT2D eigenvalue weighted by molar-refractivity contribution is -0.259. The second-order valence-corrected chi connectivity index (χ2v) is 8.16. The van der Waals surface area contributed by atoms with Gasteiger partial charge in [-0.05, 0) is 31.7 Å². The Balaban J connectivity index is 1.76. The van der Waals surface area contributed by atoms with Crippen molar-refractivity contribution in [3.63, 3.8) is 0 Å². The molecule has 0 amide bonds. The number of hydrogen-bond donors (Lipinski definition) is 0. The number of nitrogens with zero attached hydrogens (tertiary/aromatic N) is 3. The van der Waals surface area contributed by atoms with E-state index in [-0.39, 0.29) is 11.8 Å². The first-order valence-electron chi connectivity index (χ1n) is 11.1. The zero-order valence-corrected chi connectivity index (χ0v) is 17.6. The first-order chi connectivity index (χ1) is 13.2. The van der Waals surface area contributed by atoms with Gasteiger partial charge in [-0.3, -0.25) is 0 Å². The molecular formula is C23H38N3O. The van der Waals surface area contributed by atoms with Crippen molar-refractivity contribution >= 4 is 0 Å². The van der Waals surface area contributed by atoms with E-state index in [1.54, 1.807) is 0 Å². The third-order valence-electron chi connectivity index (χ3n) is 6.08. The fraction of sp³-hybridized carbons (Fsp3) is 0.739. The van der Waals surface area contributed by atoms with E-state index in [0.29, 0.717) is 0 Å². The summed E-state index contributed by atoms with van der Waals surface area (Å²) in [5, 5.41) is 10.3. The summed E-state index contributed by atoms with van der Waals surface area (Å²) in [7, 11) is 0. The Morgan fingerprint density at radius 2 is 1.74 bits per heavy atom. The van der Waals surface area contributed by atoms with Crippen LogP contribution in [0.15, 0.2) is 24.3 Å². The number of hydrogen-bond acceptors (Lipinski definition) is 3. The molecule has 151 valence electrons. The van der Waals surface area contributed by atoms with Crippen LogP contribution in [-0.4, -0.2) is 48.5 Å². The van der Waals surface area contributed by atoms with Crippen LogP contribution >= 0.6 is 0 Å². The molecule has 4 nitrogen and oxygen atoms in total. The molecule has 2 aliphatic rings. The number of rotatable bonds is 10. The maximum absolute atomic E-state index is 6.33. The maximum atomic E-state index is 6.33. The fourth-order valence-electron chi connectivity index (χ4n) is 4.43. The van der Waals surface area contributed by atoms with Crippen molar-refractivity contribution in [2.24, 2.45) is 0 Å². The quantitative estimate of drug-likeness (QED) is 0.559. The van der Waals surface area contributed by atoms with Crippen molar-refractivity contribution in [1.82, 2.24) is 15.3 Å². The Hall–Kier alpha value is -0.940. The van der Waals surface area contributed by atoms with E-state index in [0.717, 1.165) is 39.2 Å². The molecule has 2 aliphatic heterocycles. The van der Waals surface area contributed by atoms with Crippen molar-refractivity contribution in [1.29, 1.82) is 0 Å². The molecule has 2 fully saturated rings. The highest BCUT2D eigenvalue weighted by Gasteiger charge is 2.56. The molecule has 2 saturated heterocycles. The fourth-order valence-corrected chi connectivity index (χ4v) is 4.43. The van der Waals surface area contributed by atoms with Crippen LogP contribution in [0, 0.1) is 6.92 Å². The molecule has 1 radical (unpaired) electrons. The van der Waals surface area contributed by atoms with E-state index in [2.05, 4.69) is 55.1 Å². The Morgan fingerprint density at radius 3 is 2.30 bits per heavy atom. The zero-order valence-electron chi connectivity index (χ0n) is 17.6. The van der Waals surface area contributed by atoms with Crippen LogP contribution in [0.2, 0.25) is 0 Å². The molecule has 0 N–H and O–H groups in total. The number of unbranched alkanes of at least 4 members (excludes halogenated alkanes) is 4. The van der Waals surface area contributed by atoms with Crippen molar-refractivity contribution < 1.29 is 4.74 Å². The molecule has 1 aromatic carbocycles. The van der Waals surface area contributed by atoms with Gasteiger partial charge in [0.1, 0.15) is 11.8 Å². The summed E-state index contributed by atoms with van der Waals surface area (Å²) in [6.45, 7) is 11.7. The third-order valence-corrected chi connectivity index (χ3v) is 6.08. The minimum Gasteiger partial charge on any atom is -0.369 e. The monoisotopic (exact) mass is 372 g/mol. The van der Waals surface area contributed by atoms with Gasteiger partial charge in [0.05, 0.1) is 6.61 Å². The van der Waals surface area contributed by atoms with E-state index in [1.807, 2.05) is 0 Å². The molecule has 2 unspecified atom stereocenters. The highest BCUT2D eigenvalue weighted by molar-refractivity contribution is 5.27.